The van der Waals surface area contributed by atoms with Gasteiger partial charge in [-0.1, -0.05) is 29.3 Å². The van der Waals surface area contributed by atoms with E-state index in [4.69, 9.17) is 23.2 Å². The predicted molar refractivity (Wildman–Crippen MR) is 131 cm³/mol. The van der Waals surface area contributed by atoms with Crippen LogP contribution >= 0.6 is 23.2 Å². The van der Waals surface area contributed by atoms with Crippen LogP contribution in [-0.4, -0.2) is 27.4 Å². The van der Waals surface area contributed by atoms with Crippen molar-refractivity contribution >= 4 is 29.2 Å². The number of pyridine rings is 2. The third-order valence-corrected chi connectivity index (χ3v) is 7.19. The molecule has 0 unspecified atom stereocenters. The van der Waals surface area contributed by atoms with Crippen LogP contribution in [0, 0.1) is 0 Å². The summed E-state index contributed by atoms with van der Waals surface area (Å²) in [5, 5.41) is 4.08. The molecule has 2 aromatic heterocycles. The summed E-state index contributed by atoms with van der Waals surface area (Å²) in [4.78, 5) is 24.0. The minimum atomic E-state index is -0.172. The van der Waals surface area contributed by atoms with E-state index in [1.54, 1.807) is 12.1 Å². The molecule has 0 spiro atoms. The normalized spacial score (nSPS) is 16.3. The SMILES string of the molecule is C[C@@H](NC(=O)N1CCc2cnc(Cc3ccnc(C4CC4)c3)cc2C1)c1ccc(Cl)c(Cl)c1. The molecule has 0 bridgehead atoms. The van der Waals surface area contributed by atoms with E-state index in [2.05, 4.69) is 33.5 Å². The van der Waals surface area contributed by atoms with Gasteiger partial charge < -0.3 is 10.2 Å². The molecule has 3 aromatic rings. The fourth-order valence-corrected chi connectivity index (χ4v) is 4.62. The van der Waals surface area contributed by atoms with Crippen LogP contribution in [0.5, 0.6) is 0 Å². The Morgan fingerprint density at radius 1 is 1.12 bits per heavy atom. The lowest BCUT2D eigenvalue weighted by Gasteiger charge is -2.30. The van der Waals surface area contributed by atoms with Crippen molar-refractivity contribution in [1.82, 2.24) is 20.2 Å². The Kier molecular flexibility index (Phi) is 6.26. The minimum Gasteiger partial charge on any atom is -0.331 e. The number of nitrogens with one attached hydrogen (secondary N) is 1. The van der Waals surface area contributed by atoms with E-state index in [1.165, 1.54) is 35.2 Å². The molecule has 1 aliphatic carbocycles. The molecule has 5 nitrogen and oxygen atoms in total. The molecule has 0 saturated heterocycles. The highest BCUT2D eigenvalue weighted by molar-refractivity contribution is 6.42. The van der Waals surface area contributed by atoms with Crippen molar-refractivity contribution in [2.24, 2.45) is 0 Å². The number of carbonyl (C=O) groups excluding carboxylic acids is 1. The van der Waals surface area contributed by atoms with Crippen LogP contribution in [0.25, 0.3) is 0 Å². The molecule has 1 aromatic carbocycles. The monoisotopic (exact) mass is 480 g/mol. The van der Waals surface area contributed by atoms with Gasteiger partial charge in [0.25, 0.3) is 0 Å². The first-order valence-corrected chi connectivity index (χ1v) is 12.1. The van der Waals surface area contributed by atoms with Gasteiger partial charge in [0.2, 0.25) is 0 Å². The van der Waals surface area contributed by atoms with Crippen molar-refractivity contribution in [3.05, 3.63) is 92.5 Å². The molecule has 33 heavy (non-hydrogen) atoms. The second kappa shape index (κ2) is 9.32. The first-order valence-electron chi connectivity index (χ1n) is 11.4. The highest BCUT2D eigenvalue weighted by atomic mass is 35.5. The van der Waals surface area contributed by atoms with E-state index in [1.807, 2.05) is 30.3 Å². The van der Waals surface area contributed by atoms with Crippen LogP contribution in [0.15, 0.2) is 48.8 Å². The van der Waals surface area contributed by atoms with E-state index in [9.17, 15) is 4.79 Å². The zero-order valence-electron chi connectivity index (χ0n) is 18.5. The maximum absolute atomic E-state index is 13.0. The Bertz CT molecular complexity index is 1190. The summed E-state index contributed by atoms with van der Waals surface area (Å²) in [6, 6.07) is 11.6. The van der Waals surface area contributed by atoms with Crippen molar-refractivity contribution in [3.8, 4) is 0 Å². The molecule has 0 radical (unpaired) electrons. The number of carbonyl (C=O) groups is 1. The number of rotatable bonds is 5. The van der Waals surface area contributed by atoms with Gasteiger partial charge in [0, 0.05) is 49.2 Å². The van der Waals surface area contributed by atoms with Gasteiger partial charge in [0.1, 0.15) is 0 Å². The molecule has 5 rings (SSSR count). The van der Waals surface area contributed by atoms with Crippen molar-refractivity contribution in [3.63, 3.8) is 0 Å². The molecule has 2 amide bonds. The number of hydrogen-bond donors (Lipinski definition) is 1. The third kappa shape index (κ3) is 5.15. The van der Waals surface area contributed by atoms with E-state index in [0.29, 0.717) is 29.1 Å². The molecular formula is C26H26Cl2N4O. The maximum Gasteiger partial charge on any atom is 0.318 e. The van der Waals surface area contributed by atoms with Crippen LogP contribution in [0.4, 0.5) is 4.79 Å². The molecule has 1 aliphatic heterocycles. The summed E-state index contributed by atoms with van der Waals surface area (Å²) in [5.74, 6) is 0.639. The fraction of sp³-hybridized carbons (Fsp3) is 0.346. The average molecular weight is 481 g/mol. The summed E-state index contributed by atoms with van der Waals surface area (Å²) in [5.41, 5.74) is 6.76. The standard InChI is InChI=1S/C26H26Cl2N4O/c1-16(19-4-5-23(27)24(28)13-19)31-26(33)32-9-7-20-14-30-22(12-21(20)15-32)10-17-6-8-29-25(11-17)18-2-3-18/h4-6,8,11-14,16,18H,2-3,7,9-10,15H2,1H3,(H,31,33)/t16-/m1/s1. The summed E-state index contributed by atoms with van der Waals surface area (Å²) in [6.07, 6.45) is 7.95. The third-order valence-electron chi connectivity index (χ3n) is 6.45. The molecule has 1 fully saturated rings. The number of nitrogens with zero attached hydrogens (tertiary/aromatic N) is 3. The summed E-state index contributed by atoms with van der Waals surface area (Å²) < 4.78 is 0. The molecular weight excluding hydrogens is 455 g/mol. The molecule has 170 valence electrons. The first kappa shape index (κ1) is 22.2. The quantitative estimate of drug-likeness (QED) is 0.481. The molecule has 1 atom stereocenters. The number of amides is 2. The van der Waals surface area contributed by atoms with Gasteiger partial charge in [-0.3, -0.25) is 9.97 Å². The van der Waals surface area contributed by atoms with Crippen LogP contribution < -0.4 is 5.32 Å². The van der Waals surface area contributed by atoms with Gasteiger partial charge in [-0.15, -0.1) is 0 Å². The molecule has 2 aliphatic rings. The maximum atomic E-state index is 13.0. The fourth-order valence-electron chi connectivity index (χ4n) is 4.31. The molecule has 3 heterocycles. The Balaban J connectivity index is 1.25. The van der Waals surface area contributed by atoms with E-state index in [-0.39, 0.29) is 12.1 Å². The number of hydrogen-bond acceptors (Lipinski definition) is 3. The van der Waals surface area contributed by atoms with Crippen LogP contribution in [0.1, 0.15) is 65.4 Å². The minimum absolute atomic E-state index is 0.0826. The lowest BCUT2D eigenvalue weighted by atomic mass is 9.99. The predicted octanol–water partition coefficient (Wildman–Crippen LogP) is 6.08. The van der Waals surface area contributed by atoms with Crippen LogP contribution in [0.3, 0.4) is 0 Å². The Hall–Kier alpha value is -2.63. The lowest BCUT2D eigenvalue weighted by Crippen LogP contribution is -2.43. The first-order chi connectivity index (χ1) is 16.0. The highest BCUT2D eigenvalue weighted by Crippen LogP contribution is 2.39. The number of fused-ring (bicyclic) bond motifs is 1. The van der Waals surface area contributed by atoms with Crippen molar-refractivity contribution < 1.29 is 4.79 Å². The average Bonchev–Trinajstić information content (AvgIpc) is 3.66. The summed E-state index contributed by atoms with van der Waals surface area (Å²) in [6.45, 7) is 3.19. The second-order valence-electron chi connectivity index (χ2n) is 9.00. The Morgan fingerprint density at radius 2 is 1.97 bits per heavy atom. The van der Waals surface area contributed by atoms with E-state index in [0.717, 1.165) is 24.1 Å². The highest BCUT2D eigenvalue weighted by Gasteiger charge is 2.25. The van der Waals surface area contributed by atoms with Gasteiger partial charge in [-0.25, -0.2) is 4.79 Å². The summed E-state index contributed by atoms with van der Waals surface area (Å²) in [7, 11) is 0. The number of aromatic nitrogens is 2. The van der Waals surface area contributed by atoms with Gasteiger partial charge in [0.15, 0.2) is 0 Å². The lowest BCUT2D eigenvalue weighted by molar-refractivity contribution is 0.189. The largest absolute Gasteiger partial charge is 0.331 e. The van der Waals surface area contributed by atoms with Crippen molar-refractivity contribution in [1.29, 1.82) is 0 Å². The number of halogens is 2. The van der Waals surface area contributed by atoms with Crippen molar-refractivity contribution in [2.45, 2.75) is 51.1 Å². The van der Waals surface area contributed by atoms with E-state index >= 15 is 0 Å². The molecule has 1 N–H and O–H groups in total. The van der Waals surface area contributed by atoms with Crippen LogP contribution in [-0.2, 0) is 19.4 Å². The molecule has 1 saturated carbocycles. The van der Waals surface area contributed by atoms with Crippen LogP contribution in [0.2, 0.25) is 10.0 Å². The zero-order chi connectivity index (χ0) is 22.9. The smallest absolute Gasteiger partial charge is 0.318 e. The Labute approximate surface area is 204 Å². The second-order valence-corrected chi connectivity index (χ2v) is 9.82. The molecule has 7 heteroatoms. The zero-order valence-corrected chi connectivity index (χ0v) is 20.0. The van der Waals surface area contributed by atoms with Gasteiger partial charge in [-0.2, -0.15) is 0 Å². The Morgan fingerprint density at radius 3 is 2.76 bits per heavy atom. The number of benzene rings is 1. The van der Waals surface area contributed by atoms with E-state index < -0.39 is 0 Å². The van der Waals surface area contributed by atoms with Gasteiger partial charge in [0.05, 0.1) is 16.1 Å². The topological polar surface area (TPSA) is 58.1 Å². The van der Waals surface area contributed by atoms with Crippen molar-refractivity contribution in [2.75, 3.05) is 6.54 Å². The van der Waals surface area contributed by atoms with Gasteiger partial charge in [-0.05, 0) is 78.8 Å². The summed E-state index contributed by atoms with van der Waals surface area (Å²) >= 11 is 12.1. The number of urea groups is 1. The van der Waals surface area contributed by atoms with Gasteiger partial charge >= 0.3 is 6.03 Å².